The zero-order valence-electron chi connectivity index (χ0n) is 13.5. The van der Waals surface area contributed by atoms with E-state index in [0.717, 1.165) is 44.5 Å². The summed E-state index contributed by atoms with van der Waals surface area (Å²) in [5.74, 6) is 0.134. The SMILES string of the molecule is CCO[C@@H]1COC2(CCN(C(=O)c3ccc(C)cc3)CC2)C1. The molecular formula is C18H25NO3. The molecular weight excluding hydrogens is 278 g/mol. The van der Waals surface area contributed by atoms with Gasteiger partial charge in [-0.2, -0.15) is 0 Å². The molecule has 0 unspecified atom stereocenters. The minimum atomic E-state index is -0.0656. The van der Waals surface area contributed by atoms with Gasteiger partial charge in [0.2, 0.25) is 0 Å². The van der Waals surface area contributed by atoms with Crippen LogP contribution in [0.25, 0.3) is 0 Å². The summed E-state index contributed by atoms with van der Waals surface area (Å²) in [6.45, 7) is 7.03. The fourth-order valence-corrected chi connectivity index (χ4v) is 3.49. The van der Waals surface area contributed by atoms with E-state index in [2.05, 4.69) is 0 Å². The molecule has 2 saturated heterocycles. The largest absolute Gasteiger partial charge is 0.376 e. The molecule has 120 valence electrons. The number of likely N-dealkylation sites (tertiary alicyclic amines) is 1. The van der Waals surface area contributed by atoms with Crippen LogP contribution in [0.2, 0.25) is 0 Å². The van der Waals surface area contributed by atoms with Crippen molar-refractivity contribution in [1.29, 1.82) is 0 Å². The first-order valence-corrected chi connectivity index (χ1v) is 8.23. The zero-order chi connectivity index (χ0) is 15.6. The van der Waals surface area contributed by atoms with Crippen LogP contribution in [0.15, 0.2) is 24.3 Å². The highest BCUT2D eigenvalue weighted by Gasteiger charge is 2.43. The number of nitrogens with zero attached hydrogens (tertiary/aromatic N) is 1. The topological polar surface area (TPSA) is 38.8 Å². The van der Waals surface area contributed by atoms with Crippen LogP contribution in [-0.2, 0) is 9.47 Å². The first kappa shape index (κ1) is 15.5. The number of ether oxygens (including phenoxy) is 2. The Labute approximate surface area is 132 Å². The van der Waals surface area contributed by atoms with E-state index in [0.29, 0.717) is 6.61 Å². The summed E-state index contributed by atoms with van der Waals surface area (Å²) in [7, 11) is 0. The lowest BCUT2D eigenvalue weighted by atomic mass is 9.87. The second kappa shape index (κ2) is 6.39. The van der Waals surface area contributed by atoms with Gasteiger partial charge in [-0.15, -0.1) is 0 Å². The number of rotatable bonds is 3. The highest BCUT2D eigenvalue weighted by Crippen LogP contribution is 2.37. The van der Waals surface area contributed by atoms with Gasteiger partial charge in [0.15, 0.2) is 0 Å². The van der Waals surface area contributed by atoms with E-state index in [9.17, 15) is 4.79 Å². The van der Waals surface area contributed by atoms with Crippen LogP contribution < -0.4 is 0 Å². The Morgan fingerprint density at radius 1 is 1.32 bits per heavy atom. The number of carbonyl (C=O) groups is 1. The predicted octanol–water partition coefficient (Wildman–Crippen LogP) is 2.80. The fourth-order valence-electron chi connectivity index (χ4n) is 3.49. The van der Waals surface area contributed by atoms with Gasteiger partial charge in [0.25, 0.3) is 5.91 Å². The van der Waals surface area contributed by atoms with Gasteiger partial charge in [0.05, 0.1) is 18.3 Å². The Bertz CT molecular complexity index is 518. The van der Waals surface area contributed by atoms with Crippen molar-refractivity contribution in [2.45, 2.75) is 44.8 Å². The van der Waals surface area contributed by atoms with Gasteiger partial charge in [-0.05, 0) is 38.8 Å². The number of hydrogen-bond donors (Lipinski definition) is 0. The van der Waals surface area contributed by atoms with E-state index in [1.807, 2.05) is 43.0 Å². The summed E-state index contributed by atoms with van der Waals surface area (Å²) in [6.07, 6.45) is 3.01. The third-order valence-corrected chi connectivity index (χ3v) is 4.84. The van der Waals surface area contributed by atoms with E-state index in [4.69, 9.17) is 9.47 Å². The van der Waals surface area contributed by atoms with Crippen molar-refractivity contribution in [3.05, 3.63) is 35.4 Å². The summed E-state index contributed by atoms with van der Waals surface area (Å²) in [4.78, 5) is 14.5. The molecule has 2 aliphatic rings. The molecule has 2 heterocycles. The second-order valence-electron chi connectivity index (χ2n) is 6.43. The van der Waals surface area contributed by atoms with Crippen LogP contribution in [0.3, 0.4) is 0 Å². The molecule has 1 amide bonds. The quantitative estimate of drug-likeness (QED) is 0.862. The van der Waals surface area contributed by atoms with E-state index in [1.165, 1.54) is 5.56 Å². The van der Waals surface area contributed by atoms with Gasteiger partial charge in [0, 0.05) is 31.7 Å². The molecule has 0 N–H and O–H groups in total. The molecule has 2 aliphatic heterocycles. The molecule has 4 nitrogen and oxygen atoms in total. The van der Waals surface area contributed by atoms with E-state index in [-0.39, 0.29) is 17.6 Å². The third kappa shape index (κ3) is 3.18. The van der Waals surface area contributed by atoms with Gasteiger partial charge < -0.3 is 14.4 Å². The molecule has 3 rings (SSSR count). The van der Waals surface area contributed by atoms with E-state index < -0.39 is 0 Å². The maximum atomic E-state index is 12.5. The number of aryl methyl sites for hydroxylation is 1. The zero-order valence-corrected chi connectivity index (χ0v) is 13.5. The first-order chi connectivity index (χ1) is 10.6. The van der Waals surface area contributed by atoms with Gasteiger partial charge in [-0.1, -0.05) is 17.7 Å². The van der Waals surface area contributed by atoms with Crippen molar-refractivity contribution in [1.82, 2.24) is 4.90 Å². The van der Waals surface area contributed by atoms with Crippen molar-refractivity contribution < 1.29 is 14.3 Å². The molecule has 1 aromatic rings. The van der Waals surface area contributed by atoms with Crippen LogP contribution in [0, 0.1) is 6.92 Å². The summed E-state index contributed by atoms with van der Waals surface area (Å²) in [5, 5.41) is 0. The van der Waals surface area contributed by atoms with Gasteiger partial charge in [-0.25, -0.2) is 0 Å². The lowest BCUT2D eigenvalue weighted by Gasteiger charge is -2.38. The predicted molar refractivity (Wildman–Crippen MR) is 85.0 cm³/mol. The lowest BCUT2D eigenvalue weighted by molar-refractivity contribution is -0.0407. The molecule has 0 saturated carbocycles. The van der Waals surface area contributed by atoms with Crippen LogP contribution in [0.5, 0.6) is 0 Å². The average molecular weight is 303 g/mol. The monoisotopic (exact) mass is 303 g/mol. The lowest BCUT2D eigenvalue weighted by Crippen LogP contribution is -2.46. The first-order valence-electron chi connectivity index (χ1n) is 8.23. The maximum Gasteiger partial charge on any atom is 0.253 e. The van der Waals surface area contributed by atoms with Crippen LogP contribution in [-0.4, -0.2) is 48.8 Å². The van der Waals surface area contributed by atoms with Crippen LogP contribution in [0.1, 0.15) is 42.1 Å². The number of carbonyl (C=O) groups excluding carboxylic acids is 1. The van der Waals surface area contributed by atoms with Crippen molar-refractivity contribution in [2.75, 3.05) is 26.3 Å². The molecule has 22 heavy (non-hydrogen) atoms. The average Bonchev–Trinajstić information content (AvgIpc) is 2.91. The summed E-state index contributed by atoms with van der Waals surface area (Å²) in [6, 6.07) is 7.81. The highest BCUT2D eigenvalue weighted by atomic mass is 16.6. The molecule has 0 aromatic heterocycles. The molecule has 0 radical (unpaired) electrons. The standard InChI is InChI=1S/C18H25NO3/c1-3-21-16-12-18(22-13-16)8-10-19(11-9-18)17(20)15-6-4-14(2)5-7-15/h4-7,16H,3,8-13H2,1-2H3/t16-/m0/s1. The fraction of sp³-hybridized carbons (Fsp3) is 0.611. The Balaban J connectivity index is 1.58. The Kier molecular flexibility index (Phi) is 4.50. The molecule has 0 bridgehead atoms. The van der Waals surface area contributed by atoms with Crippen molar-refractivity contribution >= 4 is 5.91 Å². The minimum absolute atomic E-state index is 0.0656. The maximum absolute atomic E-state index is 12.5. The van der Waals surface area contributed by atoms with Crippen molar-refractivity contribution in [3.63, 3.8) is 0 Å². The van der Waals surface area contributed by atoms with Crippen molar-refractivity contribution in [2.24, 2.45) is 0 Å². The molecule has 0 aliphatic carbocycles. The third-order valence-electron chi connectivity index (χ3n) is 4.84. The van der Waals surface area contributed by atoms with Crippen molar-refractivity contribution in [3.8, 4) is 0 Å². The minimum Gasteiger partial charge on any atom is -0.376 e. The molecule has 1 atom stereocenters. The summed E-state index contributed by atoms with van der Waals surface area (Å²) in [5.41, 5.74) is 1.89. The number of piperidine rings is 1. The number of benzene rings is 1. The summed E-state index contributed by atoms with van der Waals surface area (Å²) >= 11 is 0. The molecule has 1 spiro atoms. The smallest absolute Gasteiger partial charge is 0.253 e. The second-order valence-corrected chi connectivity index (χ2v) is 6.43. The number of hydrogen-bond acceptors (Lipinski definition) is 3. The Hall–Kier alpha value is -1.39. The number of amides is 1. The Morgan fingerprint density at radius 3 is 2.64 bits per heavy atom. The summed E-state index contributed by atoms with van der Waals surface area (Å²) < 4.78 is 11.7. The van der Waals surface area contributed by atoms with E-state index >= 15 is 0 Å². The van der Waals surface area contributed by atoms with Gasteiger partial charge in [0.1, 0.15) is 0 Å². The highest BCUT2D eigenvalue weighted by molar-refractivity contribution is 5.94. The normalized spacial score (nSPS) is 23.9. The molecule has 4 heteroatoms. The van der Waals surface area contributed by atoms with Gasteiger partial charge >= 0.3 is 0 Å². The van der Waals surface area contributed by atoms with Gasteiger partial charge in [-0.3, -0.25) is 4.79 Å². The molecule has 2 fully saturated rings. The van der Waals surface area contributed by atoms with Crippen LogP contribution in [0.4, 0.5) is 0 Å². The molecule has 1 aromatic carbocycles. The van der Waals surface area contributed by atoms with E-state index in [1.54, 1.807) is 0 Å². The van der Waals surface area contributed by atoms with Crippen LogP contribution >= 0.6 is 0 Å². The Morgan fingerprint density at radius 2 is 2.00 bits per heavy atom.